The van der Waals surface area contributed by atoms with Gasteiger partial charge in [-0.05, 0) is 69.2 Å². The molecule has 6 heteroatoms. The van der Waals surface area contributed by atoms with Crippen LogP contribution in [0.2, 0.25) is 0 Å². The number of nitrogens with one attached hydrogen (secondary N) is 1. The van der Waals surface area contributed by atoms with Crippen LogP contribution < -0.4 is 10.1 Å². The largest absolute Gasteiger partial charge is 0.494 e. The molecule has 0 saturated heterocycles. The molecule has 30 heavy (non-hydrogen) atoms. The molecule has 0 unspecified atom stereocenters. The highest BCUT2D eigenvalue weighted by molar-refractivity contribution is 6.08. The molecular formula is C24H25N3O3. The van der Waals surface area contributed by atoms with Crippen molar-refractivity contribution in [1.82, 2.24) is 9.78 Å². The van der Waals surface area contributed by atoms with Gasteiger partial charge in [0.2, 0.25) is 5.91 Å². The summed E-state index contributed by atoms with van der Waals surface area (Å²) >= 11 is 0. The van der Waals surface area contributed by atoms with Crippen molar-refractivity contribution in [3.05, 3.63) is 70.4 Å². The second-order valence-electron chi connectivity index (χ2n) is 7.61. The maximum absolute atomic E-state index is 13.3. The van der Waals surface area contributed by atoms with Crippen LogP contribution in [0.15, 0.2) is 42.5 Å². The number of amides is 1. The summed E-state index contributed by atoms with van der Waals surface area (Å²) in [6.07, 6.45) is 0.110. The highest BCUT2D eigenvalue weighted by Gasteiger charge is 2.36. The van der Waals surface area contributed by atoms with Gasteiger partial charge in [-0.2, -0.15) is 5.10 Å². The summed E-state index contributed by atoms with van der Waals surface area (Å²) < 4.78 is 7.22. The Bertz CT molecular complexity index is 1130. The number of fused-ring (bicyclic) bond motifs is 1. The van der Waals surface area contributed by atoms with Gasteiger partial charge in [0, 0.05) is 17.5 Å². The molecule has 6 nitrogen and oxygen atoms in total. The van der Waals surface area contributed by atoms with E-state index < -0.39 is 5.92 Å². The molecule has 1 N–H and O–H groups in total. The first-order chi connectivity index (χ1) is 14.4. The van der Waals surface area contributed by atoms with Crippen LogP contribution in [0.1, 0.15) is 52.0 Å². The van der Waals surface area contributed by atoms with E-state index in [0.29, 0.717) is 18.0 Å². The zero-order valence-corrected chi connectivity index (χ0v) is 17.7. The Morgan fingerprint density at radius 2 is 1.90 bits per heavy atom. The highest BCUT2D eigenvalue weighted by atomic mass is 16.5. The molecule has 0 bridgehead atoms. The number of Topliss-reactive ketones (excluding diaryl/α,β-unsaturated/α-hetero) is 1. The number of aryl methyl sites for hydroxylation is 2. The molecule has 2 heterocycles. The summed E-state index contributed by atoms with van der Waals surface area (Å²) in [6, 6.07) is 13.1. The second kappa shape index (κ2) is 7.78. The minimum Gasteiger partial charge on any atom is -0.494 e. The summed E-state index contributed by atoms with van der Waals surface area (Å²) in [5, 5.41) is 7.64. The van der Waals surface area contributed by atoms with Gasteiger partial charge in [-0.1, -0.05) is 12.1 Å². The zero-order valence-electron chi connectivity index (χ0n) is 17.7. The Kier molecular flexibility index (Phi) is 5.16. The number of carbonyl (C=O) groups excluding carboxylic acids is 2. The lowest BCUT2D eigenvalue weighted by molar-refractivity contribution is -0.116. The Hall–Kier alpha value is -3.41. The molecule has 3 aromatic rings. The Balaban J connectivity index is 1.77. The van der Waals surface area contributed by atoms with Crippen LogP contribution >= 0.6 is 0 Å². The standard InChI is InChI=1S/C24H25N3O3/c1-5-30-18-11-9-17(10-12-18)23(29)19-13-21(28)25-24-22(19)16(4)26-27(24)20-8-6-7-14(2)15(20)3/h6-12,19H,5,13H2,1-4H3,(H,25,28)/t19-/m0/s1. The fourth-order valence-corrected chi connectivity index (χ4v) is 3.99. The third-order valence-corrected chi connectivity index (χ3v) is 5.67. The zero-order chi connectivity index (χ0) is 21.4. The molecule has 4 rings (SSSR count). The van der Waals surface area contributed by atoms with Crippen LogP contribution in [0.3, 0.4) is 0 Å². The van der Waals surface area contributed by atoms with Gasteiger partial charge in [0.05, 0.1) is 23.9 Å². The van der Waals surface area contributed by atoms with Crippen molar-refractivity contribution in [3.63, 3.8) is 0 Å². The van der Waals surface area contributed by atoms with Crippen molar-refractivity contribution in [2.45, 2.75) is 40.0 Å². The fraction of sp³-hybridized carbons (Fsp3) is 0.292. The number of carbonyl (C=O) groups is 2. The van der Waals surface area contributed by atoms with Gasteiger partial charge < -0.3 is 10.1 Å². The molecule has 0 fully saturated rings. The first-order valence-corrected chi connectivity index (χ1v) is 10.1. The maximum atomic E-state index is 13.3. The predicted octanol–water partition coefficient (Wildman–Crippen LogP) is 4.50. The number of anilines is 1. The number of aromatic nitrogens is 2. The summed E-state index contributed by atoms with van der Waals surface area (Å²) in [7, 11) is 0. The number of hydrogen-bond acceptors (Lipinski definition) is 4. The lowest BCUT2D eigenvalue weighted by Crippen LogP contribution is -2.28. The van der Waals surface area contributed by atoms with Crippen LogP contribution in [0, 0.1) is 20.8 Å². The topological polar surface area (TPSA) is 73.2 Å². The molecule has 0 spiro atoms. The predicted molar refractivity (Wildman–Crippen MR) is 116 cm³/mol. The van der Waals surface area contributed by atoms with E-state index in [4.69, 9.17) is 9.84 Å². The summed E-state index contributed by atoms with van der Waals surface area (Å²) in [4.78, 5) is 25.9. The van der Waals surface area contributed by atoms with Gasteiger partial charge in [-0.25, -0.2) is 4.68 Å². The van der Waals surface area contributed by atoms with Gasteiger partial charge in [-0.3, -0.25) is 9.59 Å². The van der Waals surface area contributed by atoms with E-state index in [9.17, 15) is 9.59 Å². The molecule has 1 aliphatic heterocycles. The molecule has 0 aliphatic carbocycles. The van der Waals surface area contributed by atoms with Gasteiger partial charge >= 0.3 is 0 Å². The normalized spacial score (nSPS) is 15.5. The number of rotatable bonds is 5. The summed E-state index contributed by atoms with van der Waals surface area (Å²) in [5.41, 5.74) is 5.21. The smallest absolute Gasteiger partial charge is 0.226 e. The second-order valence-corrected chi connectivity index (χ2v) is 7.61. The van der Waals surface area contributed by atoms with Gasteiger partial charge in [-0.15, -0.1) is 0 Å². The number of ketones is 1. The summed E-state index contributed by atoms with van der Waals surface area (Å²) in [6.45, 7) is 8.43. The highest BCUT2D eigenvalue weighted by Crippen LogP contribution is 2.39. The van der Waals surface area contributed by atoms with E-state index in [0.717, 1.165) is 33.8 Å². The maximum Gasteiger partial charge on any atom is 0.226 e. The minimum absolute atomic E-state index is 0.0854. The van der Waals surface area contributed by atoms with E-state index in [1.165, 1.54) is 0 Å². The first-order valence-electron chi connectivity index (χ1n) is 10.1. The van der Waals surface area contributed by atoms with Gasteiger partial charge in [0.25, 0.3) is 0 Å². The van der Waals surface area contributed by atoms with Crippen LogP contribution in [-0.4, -0.2) is 28.1 Å². The van der Waals surface area contributed by atoms with E-state index in [2.05, 4.69) is 5.32 Å². The number of hydrogen-bond donors (Lipinski definition) is 1. The van der Waals surface area contributed by atoms with E-state index in [1.54, 1.807) is 28.9 Å². The first kappa shape index (κ1) is 19.9. The lowest BCUT2D eigenvalue weighted by atomic mass is 9.85. The van der Waals surface area contributed by atoms with Crippen LogP contribution in [-0.2, 0) is 4.79 Å². The quantitative estimate of drug-likeness (QED) is 0.637. The molecule has 0 saturated carbocycles. The van der Waals surface area contributed by atoms with Crippen molar-refractivity contribution in [2.24, 2.45) is 0 Å². The average Bonchev–Trinajstić information content (AvgIpc) is 3.06. The van der Waals surface area contributed by atoms with Crippen LogP contribution in [0.25, 0.3) is 5.69 Å². The minimum atomic E-state index is -0.564. The van der Waals surface area contributed by atoms with Gasteiger partial charge in [0.1, 0.15) is 11.6 Å². The van der Waals surface area contributed by atoms with Crippen LogP contribution in [0.4, 0.5) is 5.82 Å². The molecule has 154 valence electrons. The van der Waals surface area contributed by atoms with E-state index >= 15 is 0 Å². The Labute approximate surface area is 175 Å². The van der Waals surface area contributed by atoms with Crippen molar-refractivity contribution >= 4 is 17.5 Å². The van der Waals surface area contributed by atoms with Crippen molar-refractivity contribution in [2.75, 3.05) is 11.9 Å². The SMILES string of the molecule is CCOc1ccc(C(=O)[C@H]2CC(=O)Nc3c2c(C)nn3-c2cccc(C)c2C)cc1. The molecule has 1 aromatic heterocycles. The molecule has 2 aromatic carbocycles. The molecule has 1 amide bonds. The molecule has 1 aliphatic rings. The number of benzene rings is 2. The average molecular weight is 403 g/mol. The van der Waals surface area contributed by atoms with Crippen LogP contribution in [0.5, 0.6) is 5.75 Å². The Morgan fingerprint density at radius 1 is 1.17 bits per heavy atom. The summed E-state index contributed by atoms with van der Waals surface area (Å²) in [5.74, 6) is 0.471. The van der Waals surface area contributed by atoms with Crippen molar-refractivity contribution in [3.8, 4) is 11.4 Å². The van der Waals surface area contributed by atoms with E-state index in [1.807, 2.05) is 45.9 Å². The molecular weight excluding hydrogens is 378 g/mol. The number of ether oxygens (including phenoxy) is 1. The molecule has 0 radical (unpaired) electrons. The van der Waals surface area contributed by atoms with Crippen molar-refractivity contribution < 1.29 is 14.3 Å². The molecule has 1 atom stereocenters. The third-order valence-electron chi connectivity index (χ3n) is 5.67. The van der Waals surface area contributed by atoms with Gasteiger partial charge in [0.15, 0.2) is 5.78 Å². The number of nitrogens with zero attached hydrogens (tertiary/aromatic N) is 2. The third kappa shape index (κ3) is 3.38. The fourth-order valence-electron chi connectivity index (χ4n) is 3.99. The Morgan fingerprint density at radius 3 is 2.60 bits per heavy atom. The van der Waals surface area contributed by atoms with Crippen molar-refractivity contribution in [1.29, 1.82) is 0 Å². The van der Waals surface area contributed by atoms with E-state index in [-0.39, 0.29) is 18.1 Å². The monoisotopic (exact) mass is 403 g/mol. The lowest BCUT2D eigenvalue weighted by Gasteiger charge is -2.23.